The number of unbranched alkanes of at least 4 members (excludes halogenated alkanes) is 3. The Bertz CT molecular complexity index is 835. The van der Waals surface area contributed by atoms with Crippen molar-refractivity contribution in [2.24, 2.45) is 5.73 Å². The molecule has 0 atom stereocenters. The monoisotopic (exact) mass is 450 g/mol. The van der Waals surface area contributed by atoms with Crippen molar-refractivity contribution in [3.8, 4) is 0 Å². The lowest BCUT2D eigenvalue weighted by Gasteiger charge is -2.07. The van der Waals surface area contributed by atoms with E-state index in [1.165, 1.54) is 6.20 Å². The van der Waals surface area contributed by atoms with E-state index < -0.39 is 5.97 Å². The number of carbonyl (C=O) groups excluding carboxylic acids is 2. The summed E-state index contributed by atoms with van der Waals surface area (Å²) in [7, 11) is 0. The Morgan fingerprint density at radius 2 is 1.67 bits per heavy atom. The Morgan fingerprint density at radius 3 is 2.42 bits per heavy atom. The molecule has 1 aromatic heterocycles. The van der Waals surface area contributed by atoms with Crippen molar-refractivity contribution in [2.45, 2.75) is 58.3 Å². The van der Waals surface area contributed by atoms with Gasteiger partial charge in [-0.05, 0) is 57.1 Å². The maximum Gasteiger partial charge on any atom is 0.340 e. The molecule has 0 fully saturated rings. The highest BCUT2D eigenvalue weighted by atomic mass is 16.5. The Morgan fingerprint density at radius 1 is 0.939 bits per heavy atom. The highest BCUT2D eigenvalue weighted by Crippen LogP contribution is 2.12. The SMILES string of the molecule is CC/C=C/C/C=C/CC/C=C/C=C/C=C/CCCCC(=O)c1ncccc1C(=O)OCCN. The third kappa shape index (κ3) is 13.9. The summed E-state index contributed by atoms with van der Waals surface area (Å²) in [4.78, 5) is 28.6. The molecule has 0 aliphatic heterocycles. The largest absolute Gasteiger partial charge is 0.461 e. The molecular formula is C28H38N2O3. The summed E-state index contributed by atoms with van der Waals surface area (Å²) in [6.07, 6.45) is 29.8. The lowest BCUT2D eigenvalue weighted by atomic mass is 10.0. The van der Waals surface area contributed by atoms with E-state index in [0.29, 0.717) is 6.42 Å². The third-order valence-corrected chi connectivity index (χ3v) is 4.61. The summed E-state index contributed by atoms with van der Waals surface area (Å²) in [6, 6.07) is 3.18. The van der Waals surface area contributed by atoms with Crippen LogP contribution in [0.15, 0.2) is 79.1 Å². The van der Waals surface area contributed by atoms with E-state index in [1.54, 1.807) is 12.1 Å². The predicted molar refractivity (Wildman–Crippen MR) is 136 cm³/mol. The van der Waals surface area contributed by atoms with Crippen LogP contribution in [0, 0.1) is 0 Å². The molecule has 0 saturated carbocycles. The van der Waals surface area contributed by atoms with Crippen LogP contribution in [0.4, 0.5) is 0 Å². The summed E-state index contributed by atoms with van der Waals surface area (Å²) in [5, 5.41) is 0. The molecule has 33 heavy (non-hydrogen) atoms. The van der Waals surface area contributed by atoms with Gasteiger partial charge < -0.3 is 10.5 Å². The molecule has 2 N–H and O–H groups in total. The number of hydrogen-bond donors (Lipinski definition) is 1. The van der Waals surface area contributed by atoms with Crippen LogP contribution < -0.4 is 5.73 Å². The normalized spacial score (nSPS) is 12.2. The first-order valence-corrected chi connectivity index (χ1v) is 11.8. The standard InChI is InChI=1S/C28H38N2O3/c1-2-3-4-5-6-7-8-9-10-11-12-13-14-15-16-17-18-21-26(31)27-25(20-19-23-30-27)28(32)33-24-22-29/h3-4,6-7,10-15,19-20,23H,2,5,8-9,16-18,21-22,24,29H2,1H3/b4-3+,7-6+,11-10+,13-12+,15-14+. The number of Topliss-reactive ketones (excluding diaryl/α,β-unsaturated/α-hetero) is 1. The van der Waals surface area contributed by atoms with Gasteiger partial charge in [0, 0.05) is 19.2 Å². The number of ketones is 1. The zero-order chi connectivity index (χ0) is 24.0. The summed E-state index contributed by atoms with van der Waals surface area (Å²) in [5.74, 6) is -0.700. The van der Waals surface area contributed by atoms with Gasteiger partial charge in [-0.25, -0.2) is 4.79 Å². The fourth-order valence-electron chi connectivity index (χ4n) is 2.91. The van der Waals surface area contributed by atoms with Crippen molar-refractivity contribution in [1.82, 2.24) is 4.98 Å². The van der Waals surface area contributed by atoms with E-state index in [0.717, 1.165) is 44.9 Å². The second-order valence-electron chi connectivity index (χ2n) is 7.40. The van der Waals surface area contributed by atoms with Crippen LogP contribution in [0.5, 0.6) is 0 Å². The molecule has 0 amide bonds. The number of nitrogens with two attached hydrogens (primary N) is 1. The molecule has 1 heterocycles. The maximum atomic E-state index is 12.5. The van der Waals surface area contributed by atoms with E-state index in [2.05, 4.69) is 54.4 Å². The summed E-state index contributed by atoms with van der Waals surface area (Å²) in [5.41, 5.74) is 5.73. The van der Waals surface area contributed by atoms with Crippen LogP contribution >= 0.6 is 0 Å². The van der Waals surface area contributed by atoms with Gasteiger partial charge in [0.25, 0.3) is 0 Å². The maximum absolute atomic E-state index is 12.5. The fraction of sp³-hybridized carbons (Fsp3) is 0.393. The first kappa shape index (κ1) is 28.0. The molecule has 0 unspecified atom stereocenters. The molecule has 5 heteroatoms. The molecule has 0 aliphatic rings. The smallest absolute Gasteiger partial charge is 0.340 e. The van der Waals surface area contributed by atoms with Gasteiger partial charge in [-0.1, -0.05) is 67.7 Å². The summed E-state index contributed by atoms with van der Waals surface area (Å²) >= 11 is 0. The third-order valence-electron chi connectivity index (χ3n) is 4.61. The Hall–Kier alpha value is -3.05. The van der Waals surface area contributed by atoms with Gasteiger partial charge >= 0.3 is 5.97 Å². The van der Waals surface area contributed by atoms with Gasteiger partial charge in [0.15, 0.2) is 5.78 Å². The lowest BCUT2D eigenvalue weighted by molar-refractivity contribution is 0.0512. The predicted octanol–water partition coefficient (Wildman–Crippen LogP) is 6.30. The fourth-order valence-corrected chi connectivity index (χ4v) is 2.91. The van der Waals surface area contributed by atoms with Gasteiger partial charge in [0.05, 0.1) is 5.56 Å². The molecule has 0 spiro atoms. The first-order chi connectivity index (χ1) is 16.2. The average Bonchev–Trinajstić information content (AvgIpc) is 2.84. The average molecular weight is 451 g/mol. The van der Waals surface area contributed by atoms with E-state index in [1.807, 2.05) is 18.2 Å². The lowest BCUT2D eigenvalue weighted by Crippen LogP contribution is -2.17. The van der Waals surface area contributed by atoms with Gasteiger partial charge in [-0.2, -0.15) is 0 Å². The molecule has 0 radical (unpaired) electrons. The number of aromatic nitrogens is 1. The van der Waals surface area contributed by atoms with E-state index in [-0.39, 0.29) is 30.2 Å². The molecule has 1 aromatic rings. The van der Waals surface area contributed by atoms with E-state index in [4.69, 9.17) is 10.5 Å². The number of allylic oxidation sites excluding steroid dienone is 10. The van der Waals surface area contributed by atoms with Gasteiger partial charge in [0.1, 0.15) is 12.3 Å². The number of carbonyl (C=O) groups is 2. The number of hydrogen-bond acceptors (Lipinski definition) is 5. The minimum absolute atomic E-state index is 0.118. The Kier molecular flexibility index (Phi) is 16.6. The number of nitrogens with zero attached hydrogens (tertiary/aromatic N) is 1. The van der Waals surface area contributed by atoms with Crippen LogP contribution in [0.25, 0.3) is 0 Å². The van der Waals surface area contributed by atoms with E-state index in [9.17, 15) is 9.59 Å². The van der Waals surface area contributed by atoms with Gasteiger partial charge in [-0.15, -0.1) is 0 Å². The molecule has 0 aromatic carbocycles. The Balaban J connectivity index is 2.21. The molecule has 1 rings (SSSR count). The van der Waals surface area contributed by atoms with Crippen molar-refractivity contribution >= 4 is 11.8 Å². The van der Waals surface area contributed by atoms with Crippen molar-refractivity contribution in [3.63, 3.8) is 0 Å². The Labute approximate surface area is 198 Å². The topological polar surface area (TPSA) is 82.3 Å². The molecule has 0 saturated heterocycles. The number of rotatable bonds is 17. The van der Waals surface area contributed by atoms with Crippen LogP contribution in [-0.4, -0.2) is 29.9 Å². The van der Waals surface area contributed by atoms with Crippen molar-refractivity contribution in [3.05, 3.63) is 90.3 Å². The van der Waals surface area contributed by atoms with Crippen LogP contribution in [0.3, 0.4) is 0 Å². The van der Waals surface area contributed by atoms with Crippen LogP contribution in [0.2, 0.25) is 0 Å². The molecule has 0 aliphatic carbocycles. The second kappa shape index (κ2) is 19.6. The number of esters is 1. The van der Waals surface area contributed by atoms with Crippen molar-refractivity contribution < 1.29 is 14.3 Å². The zero-order valence-corrected chi connectivity index (χ0v) is 19.8. The van der Waals surface area contributed by atoms with Crippen molar-refractivity contribution in [2.75, 3.05) is 13.2 Å². The molecular weight excluding hydrogens is 412 g/mol. The second-order valence-corrected chi connectivity index (χ2v) is 7.40. The summed E-state index contributed by atoms with van der Waals surface area (Å²) in [6.45, 7) is 2.50. The quantitative estimate of drug-likeness (QED) is 0.0990. The highest BCUT2D eigenvalue weighted by Gasteiger charge is 2.18. The molecule has 5 nitrogen and oxygen atoms in total. The van der Waals surface area contributed by atoms with Gasteiger partial charge in [-0.3, -0.25) is 9.78 Å². The van der Waals surface area contributed by atoms with Crippen LogP contribution in [0.1, 0.15) is 79.1 Å². The molecule has 0 bridgehead atoms. The van der Waals surface area contributed by atoms with Crippen LogP contribution in [-0.2, 0) is 4.74 Å². The highest BCUT2D eigenvalue weighted by molar-refractivity contribution is 6.04. The van der Waals surface area contributed by atoms with E-state index >= 15 is 0 Å². The minimum atomic E-state index is -0.558. The van der Waals surface area contributed by atoms with Crippen molar-refractivity contribution in [1.29, 1.82) is 0 Å². The zero-order valence-electron chi connectivity index (χ0n) is 19.8. The first-order valence-electron chi connectivity index (χ1n) is 11.8. The molecule has 178 valence electrons. The minimum Gasteiger partial charge on any atom is -0.461 e. The van der Waals surface area contributed by atoms with Gasteiger partial charge in [0.2, 0.25) is 0 Å². The summed E-state index contributed by atoms with van der Waals surface area (Å²) < 4.78 is 5.02. The number of ether oxygens (including phenoxy) is 1. The number of pyridine rings is 1.